The molecule has 1 fully saturated rings. The van der Waals surface area contributed by atoms with Gasteiger partial charge in [0.15, 0.2) is 0 Å². The van der Waals surface area contributed by atoms with Crippen LogP contribution in [0.25, 0.3) is 0 Å². The Morgan fingerprint density at radius 1 is 1.50 bits per heavy atom. The fourth-order valence-corrected chi connectivity index (χ4v) is 1.97. The summed E-state index contributed by atoms with van der Waals surface area (Å²) in [5.74, 6) is 0.770. The van der Waals surface area contributed by atoms with Gasteiger partial charge in [-0.05, 0) is 32.6 Å². The van der Waals surface area contributed by atoms with E-state index in [1.807, 2.05) is 0 Å². The maximum Gasteiger partial charge on any atom is 0.223 e. The number of rotatable bonds is 3. The van der Waals surface area contributed by atoms with Crippen LogP contribution >= 0.6 is 0 Å². The molecule has 82 valence electrons. The van der Waals surface area contributed by atoms with Gasteiger partial charge in [-0.2, -0.15) is 0 Å². The van der Waals surface area contributed by atoms with E-state index in [0.29, 0.717) is 12.5 Å². The summed E-state index contributed by atoms with van der Waals surface area (Å²) in [5, 5.41) is 12.3. The van der Waals surface area contributed by atoms with Gasteiger partial charge in [0.1, 0.15) is 0 Å². The molecular formula is C11H21NO2. The zero-order chi connectivity index (χ0) is 10.8. The molecule has 1 aliphatic rings. The zero-order valence-corrected chi connectivity index (χ0v) is 9.34. The van der Waals surface area contributed by atoms with E-state index in [-0.39, 0.29) is 11.8 Å². The van der Waals surface area contributed by atoms with Crippen LogP contribution in [0.2, 0.25) is 0 Å². The summed E-state index contributed by atoms with van der Waals surface area (Å²) in [6.07, 6.45) is 3.31. The topological polar surface area (TPSA) is 49.3 Å². The van der Waals surface area contributed by atoms with Crippen molar-refractivity contribution in [2.24, 2.45) is 11.8 Å². The van der Waals surface area contributed by atoms with Crippen molar-refractivity contribution in [3.8, 4) is 0 Å². The predicted octanol–water partition coefficient (Wildman–Crippen LogP) is 1.31. The fraction of sp³-hybridized carbons (Fsp3) is 0.909. The highest BCUT2D eigenvalue weighted by molar-refractivity contribution is 5.79. The van der Waals surface area contributed by atoms with Gasteiger partial charge in [-0.1, -0.05) is 13.3 Å². The third kappa shape index (κ3) is 3.29. The van der Waals surface area contributed by atoms with Gasteiger partial charge in [-0.15, -0.1) is 0 Å². The lowest BCUT2D eigenvalue weighted by atomic mass is 9.97. The van der Waals surface area contributed by atoms with Crippen LogP contribution in [0.15, 0.2) is 0 Å². The van der Waals surface area contributed by atoms with E-state index in [9.17, 15) is 9.90 Å². The summed E-state index contributed by atoms with van der Waals surface area (Å²) < 4.78 is 0. The van der Waals surface area contributed by atoms with Crippen LogP contribution in [0.3, 0.4) is 0 Å². The Kier molecular flexibility index (Phi) is 3.53. The quantitative estimate of drug-likeness (QED) is 0.720. The Morgan fingerprint density at radius 3 is 2.57 bits per heavy atom. The summed E-state index contributed by atoms with van der Waals surface area (Å²) in [4.78, 5) is 11.7. The molecule has 0 heterocycles. The average molecular weight is 199 g/mol. The molecule has 0 saturated heterocycles. The molecule has 2 unspecified atom stereocenters. The third-order valence-electron chi connectivity index (χ3n) is 2.89. The highest BCUT2D eigenvalue weighted by atomic mass is 16.3. The Hall–Kier alpha value is -0.570. The smallest absolute Gasteiger partial charge is 0.223 e. The van der Waals surface area contributed by atoms with Gasteiger partial charge >= 0.3 is 0 Å². The minimum atomic E-state index is -0.808. The molecule has 0 aliphatic heterocycles. The Balaban J connectivity index is 2.35. The van der Waals surface area contributed by atoms with E-state index < -0.39 is 5.60 Å². The van der Waals surface area contributed by atoms with Gasteiger partial charge in [-0.3, -0.25) is 4.79 Å². The van der Waals surface area contributed by atoms with Crippen molar-refractivity contribution in [2.75, 3.05) is 6.54 Å². The molecule has 0 aromatic heterocycles. The van der Waals surface area contributed by atoms with Crippen LogP contribution in [0.4, 0.5) is 0 Å². The molecule has 1 amide bonds. The lowest BCUT2D eigenvalue weighted by Crippen LogP contribution is -2.41. The molecule has 0 spiro atoms. The van der Waals surface area contributed by atoms with Crippen molar-refractivity contribution in [3.05, 3.63) is 0 Å². The minimum absolute atomic E-state index is 0.108. The maximum absolute atomic E-state index is 11.7. The van der Waals surface area contributed by atoms with Crippen LogP contribution in [0.5, 0.6) is 0 Å². The van der Waals surface area contributed by atoms with E-state index in [1.54, 1.807) is 13.8 Å². The van der Waals surface area contributed by atoms with Crippen molar-refractivity contribution in [2.45, 2.75) is 45.6 Å². The number of nitrogens with one attached hydrogen (secondary N) is 1. The molecule has 0 aromatic carbocycles. The first-order chi connectivity index (χ1) is 6.40. The summed E-state index contributed by atoms with van der Waals surface area (Å²) in [6.45, 7) is 5.87. The van der Waals surface area contributed by atoms with Crippen molar-refractivity contribution >= 4 is 5.91 Å². The molecule has 0 bridgehead atoms. The van der Waals surface area contributed by atoms with E-state index in [0.717, 1.165) is 19.3 Å². The number of carbonyl (C=O) groups is 1. The predicted molar refractivity (Wildman–Crippen MR) is 55.8 cm³/mol. The summed E-state index contributed by atoms with van der Waals surface area (Å²) in [7, 11) is 0. The molecule has 2 atom stereocenters. The van der Waals surface area contributed by atoms with E-state index >= 15 is 0 Å². The normalized spacial score (nSPS) is 27.7. The van der Waals surface area contributed by atoms with Gasteiger partial charge in [0.05, 0.1) is 5.60 Å². The second-order valence-corrected chi connectivity index (χ2v) is 5.04. The second kappa shape index (κ2) is 4.30. The Morgan fingerprint density at radius 2 is 2.14 bits per heavy atom. The third-order valence-corrected chi connectivity index (χ3v) is 2.89. The molecular weight excluding hydrogens is 178 g/mol. The highest BCUT2D eigenvalue weighted by Gasteiger charge is 2.30. The Bertz CT molecular complexity index is 208. The molecule has 1 rings (SSSR count). The van der Waals surface area contributed by atoms with Gasteiger partial charge in [-0.25, -0.2) is 0 Å². The van der Waals surface area contributed by atoms with Gasteiger partial charge in [0, 0.05) is 12.5 Å². The van der Waals surface area contributed by atoms with Crippen LogP contribution in [-0.2, 0) is 4.79 Å². The number of hydrogen-bond donors (Lipinski definition) is 2. The van der Waals surface area contributed by atoms with E-state index in [2.05, 4.69) is 12.2 Å². The largest absolute Gasteiger partial charge is 0.389 e. The average Bonchev–Trinajstić information content (AvgIpc) is 2.46. The SMILES string of the molecule is CC1CCCC1C(=O)NCC(C)(C)O. The fourth-order valence-electron chi connectivity index (χ4n) is 1.97. The lowest BCUT2D eigenvalue weighted by molar-refractivity contribution is -0.126. The molecule has 2 N–H and O–H groups in total. The number of carbonyl (C=O) groups excluding carboxylic acids is 1. The van der Waals surface area contributed by atoms with Crippen LogP contribution < -0.4 is 5.32 Å². The minimum Gasteiger partial charge on any atom is -0.389 e. The molecule has 3 nitrogen and oxygen atoms in total. The Labute approximate surface area is 85.9 Å². The molecule has 0 aromatic rings. The first-order valence-corrected chi connectivity index (χ1v) is 5.40. The standard InChI is InChI=1S/C11H21NO2/c1-8-5-4-6-9(8)10(13)12-7-11(2,3)14/h8-9,14H,4-7H2,1-3H3,(H,12,13). The number of hydrogen-bond acceptors (Lipinski definition) is 2. The zero-order valence-electron chi connectivity index (χ0n) is 9.34. The summed E-state index contributed by atoms with van der Waals surface area (Å²) in [6, 6.07) is 0. The second-order valence-electron chi connectivity index (χ2n) is 5.04. The van der Waals surface area contributed by atoms with Crippen molar-refractivity contribution < 1.29 is 9.90 Å². The summed E-state index contributed by atoms with van der Waals surface area (Å²) >= 11 is 0. The first kappa shape index (κ1) is 11.5. The summed E-state index contributed by atoms with van der Waals surface area (Å²) in [5.41, 5.74) is -0.808. The highest BCUT2D eigenvalue weighted by Crippen LogP contribution is 2.31. The van der Waals surface area contributed by atoms with Crippen LogP contribution in [-0.4, -0.2) is 23.2 Å². The lowest BCUT2D eigenvalue weighted by Gasteiger charge is -2.21. The van der Waals surface area contributed by atoms with Crippen molar-refractivity contribution in [1.29, 1.82) is 0 Å². The monoisotopic (exact) mass is 199 g/mol. The van der Waals surface area contributed by atoms with Crippen molar-refractivity contribution in [3.63, 3.8) is 0 Å². The van der Waals surface area contributed by atoms with E-state index in [4.69, 9.17) is 0 Å². The molecule has 1 aliphatic carbocycles. The molecule has 3 heteroatoms. The van der Waals surface area contributed by atoms with Crippen LogP contribution in [0, 0.1) is 11.8 Å². The van der Waals surface area contributed by atoms with E-state index in [1.165, 1.54) is 0 Å². The van der Waals surface area contributed by atoms with Crippen LogP contribution in [0.1, 0.15) is 40.0 Å². The van der Waals surface area contributed by atoms with Gasteiger partial charge in [0.25, 0.3) is 0 Å². The van der Waals surface area contributed by atoms with Gasteiger partial charge in [0.2, 0.25) is 5.91 Å². The molecule has 1 saturated carbocycles. The first-order valence-electron chi connectivity index (χ1n) is 5.40. The number of aliphatic hydroxyl groups is 1. The molecule has 0 radical (unpaired) electrons. The van der Waals surface area contributed by atoms with Gasteiger partial charge < -0.3 is 10.4 Å². The van der Waals surface area contributed by atoms with Crippen molar-refractivity contribution in [1.82, 2.24) is 5.32 Å². The maximum atomic E-state index is 11.7. The molecule has 14 heavy (non-hydrogen) atoms. The number of amides is 1.